The molecule has 2 aromatic rings. The lowest BCUT2D eigenvalue weighted by atomic mass is 9.95. The van der Waals surface area contributed by atoms with E-state index in [2.05, 4.69) is 0 Å². The smallest absolute Gasteiger partial charge is 0.126 e. The van der Waals surface area contributed by atoms with Crippen LogP contribution in [-0.4, -0.2) is 10.2 Å². The topological polar surface area (TPSA) is 40.5 Å². The summed E-state index contributed by atoms with van der Waals surface area (Å²) in [6.07, 6.45) is 0. The summed E-state index contributed by atoms with van der Waals surface area (Å²) >= 11 is 0. The first-order valence-corrected chi connectivity index (χ1v) is 5.60. The van der Waals surface area contributed by atoms with Crippen molar-refractivity contribution < 1.29 is 10.2 Å². The molecular weight excluding hydrogens is 212 g/mol. The fraction of sp³-hybridized carbons (Fsp3) is 0.200. The van der Waals surface area contributed by atoms with Gasteiger partial charge in [0.15, 0.2) is 0 Å². The zero-order chi connectivity index (χ0) is 12.6. The highest BCUT2D eigenvalue weighted by atomic mass is 16.3. The van der Waals surface area contributed by atoms with E-state index >= 15 is 0 Å². The molecule has 0 atom stereocenters. The largest absolute Gasteiger partial charge is 0.508 e. The SMILES string of the molecule is Cc1ccc(-c2c(C)c(O)cc(C)c2O)cc1. The van der Waals surface area contributed by atoms with Crippen molar-refractivity contribution in [3.05, 3.63) is 47.0 Å². The molecule has 0 aliphatic carbocycles. The average molecular weight is 228 g/mol. The Morgan fingerprint density at radius 2 is 1.47 bits per heavy atom. The van der Waals surface area contributed by atoms with E-state index in [4.69, 9.17) is 0 Å². The molecule has 88 valence electrons. The van der Waals surface area contributed by atoms with E-state index in [-0.39, 0.29) is 11.5 Å². The zero-order valence-electron chi connectivity index (χ0n) is 10.3. The zero-order valence-corrected chi connectivity index (χ0v) is 10.3. The van der Waals surface area contributed by atoms with Gasteiger partial charge >= 0.3 is 0 Å². The molecule has 0 aromatic heterocycles. The third-order valence-corrected chi connectivity index (χ3v) is 3.06. The lowest BCUT2D eigenvalue weighted by molar-refractivity contribution is 0.455. The maximum Gasteiger partial charge on any atom is 0.126 e. The average Bonchev–Trinajstić information content (AvgIpc) is 2.29. The van der Waals surface area contributed by atoms with E-state index in [1.165, 1.54) is 5.56 Å². The molecule has 0 spiro atoms. The molecule has 0 aliphatic heterocycles. The number of phenolic OH excluding ortho intramolecular Hbond substituents is 2. The summed E-state index contributed by atoms with van der Waals surface area (Å²) in [6, 6.07) is 9.48. The summed E-state index contributed by atoms with van der Waals surface area (Å²) in [6.45, 7) is 5.61. The van der Waals surface area contributed by atoms with Crippen molar-refractivity contribution in [2.24, 2.45) is 0 Å². The van der Waals surface area contributed by atoms with Crippen LogP contribution < -0.4 is 0 Å². The number of aromatic hydroxyl groups is 2. The Bertz CT molecular complexity index is 528. The van der Waals surface area contributed by atoms with Gasteiger partial charge in [0.2, 0.25) is 0 Å². The van der Waals surface area contributed by atoms with Crippen molar-refractivity contribution in [1.82, 2.24) is 0 Å². The van der Waals surface area contributed by atoms with Crippen LogP contribution in [0, 0.1) is 20.8 Å². The van der Waals surface area contributed by atoms with Crippen LogP contribution in [0.15, 0.2) is 30.3 Å². The van der Waals surface area contributed by atoms with Gasteiger partial charge < -0.3 is 10.2 Å². The second-order valence-corrected chi connectivity index (χ2v) is 4.43. The minimum absolute atomic E-state index is 0.218. The molecule has 2 heteroatoms. The molecule has 0 fully saturated rings. The van der Waals surface area contributed by atoms with Crippen molar-refractivity contribution in [3.63, 3.8) is 0 Å². The van der Waals surface area contributed by atoms with E-state index < -0.39 is 0 Å². The molecule has 0 amide bonds. The molecule has 17 heavy (non-hydrogen) atoms. The number of hydrogen-bond donors (Lipinski definition) is 2. The lowest BCUT2D eigenvalue weighted by Crippen LogP contribution is -1.88. The molecule has 2 rings (SSSR count). The first-order valence-electron chi connectivity index (χ1n) is 5.60. The predicted octanol–water partition coefficient (Wildman–Crippen LogP) is 3.69. The molecular formula is C15H16O2. The fourth-order valence-corrected chi connectivity index (χ4v) is 1.96. The number of hydrogen-bond acceptors (Lipinski definition) is 2. The highest BCUT2D eigenvalue weighted by molar-refractivity contribution is 5.77. The van der Waals surface area contributed by atoms with Gasteiger partial charge in [0.05, 0.1) is 0 Å². The normalized spacial score (nSPS) is 10.5. The summed E-state index contributed by atoms with van der Waals surface area (Å²) in [5.41, 5.74) is 4.19. The van der Waals surface area contributed by atoms with Crippen molar-refractivity contribution in [2.75, 3.05) is 0 Å². The molecule has 2 nitrogen and oxygen atoms in total. The van der Waals surface area contributed by atoms with Gasteiger partial charge in [0.25, 0.3) is 0 Å². The monoisotopic (exact) mass is 228 g/mol. The highest BCUT2D eigenvalue weighted by Gasteiger charge is 2.13. The van der Waals surface area contributed by atoms with Crippen LogP contribution in [0.4, 0.5) is 0 Å². The Morgan fingerprint density at radius 1 is 0.882 bits per heavy atom. The van der Waals surface area contributed by atoms with Crippen LogP contribution in [0.2, 0.25) is 0 Å². The standard InChI is InChI=1S/C15H16O2/c1-9-4-6-12(7-5-9)14-11(3)13(16)8-10(2)15(14)17/h4-8,16-17H,1-3H3. The van der Waals surface area contributed by atoms with Crippen molar-refractivity contribution in [2.45, 2.75) is 20.8 Å². The van der Waals surface area contributed by atoms with E-state index in [9.17, 15) is 10.2 Å². The van der Waals surface area contributed by atoms with Gasteiger partial charge in [0, 0.05) is 11.1 Å². The number of benzene rings is 2. The van der Waals surface area contributed by atoms with E-state index in [0.29, 0.717) is 16.7 Å². The van der Waals surface area contributed by atoms with Gasteiger partial charge in [-0.3, -0.25) is 0 Å². The van der Waals surface area contributed by atoms with Crippen LogP contribution in [0.3, 0.4) is 0 Å². The lowest BCUT2D eigenvalue weighted by Gasteiger charge is -2.13. The van der Waals surface area contributed by atoms with Gasteiger partial charge in [-0.1, -0.05) is 29.8 Å². The Balaban J connectivity index is 2.70. The first kappa shape index (κ1) is 11.5. The summed E-state index contributed by atoms with van der Waals surface area (Å²) in [7, 11) is 0. The summed E-state index contributed by atoms with van der Waals surface area (Å²) < 4.78 is 0. The van der Waals surface area contributed by atoms with E-state index in [1.54, 1.807) is 13.0 Å². The van der Waals surface area contributed by atoms with Crippen LogP contribution in [0.5, 0.6) is 11.5 Å². The number of phenols is 2. The quantitative estimate of drug-likeness (QED) is 0.731. The fourth-order valence-electron chi connectivity index (χ4n) is 1.96. The number of rotatable bonds is 1. The molecule has 0 heterocycles. The Kier molecular flexibility index (Phi) is 2.80. The van der Waals surface area contributed by atoms with Gasteiger partial charge in [-0.2, -0.15) is 0 Å². The molecule has 2 N–H and O–H groups in total. The molecule has 0 radical (unpaired) electrons. The molecule has 0 saturated carbocycles. The van der Waals surface area contributed by atoms with Crippen LogP contribution >= 0.6 is 0 Å². The minimum Gasteiger partial charge on any atom is -0.508 e. The Hall–Kier alpha value is -1.96. The van der Waals surface area contributed by atoms with Crippen molar-refractivity contribution in [3.8, 4) is 22.6 Å². The summed E-state index contributed by atoms with van der Waals surface area (Å²) in [4.78, 5) is 0. The Morgan fingerprint density at radius 3 is 2.06 bits per heavy atom. The first-order chi connectivity index (χ1) is 8.00. The van der Waals surface area contributed by atoms with Crippen LogP contribution in [-0.2, 0) is 0 Å². The van der Waals surface area contributed by atoms with Gasteiger partial charge in [-0.15, -0.1) is 0 Å². The maximum atomic E-state index is 10.1. The second kappa shape index (κ2) is 4.13. The van der Waals surface area contributed by atoms with E-state index in [0.717, 1.165) is 5.56 Å². The van der Waals surface area contributed by atoms with Crippen LogP contribution in [0.1, 0.15) is 16.7 Å². The second-order valence-electron chi connectivity index (χ2n) is 4.43. The molecule has 0 unspecified atom stereocenters. The van der Waals surface area contributed by atoms with Crippen LogP contribution in [0.25, 0.3) is 11.1 Å². The molecule has 2 aromatic carbocycles. The molecule has 0 saturated heterocycles. The summed E-state index contributed by atoms with van der Waals surface area (Å²) in [5, 5.41) is 19.9. The maximum absolute atomic E-state index is 10.1. The Labute approximate surface area is 101 Å². The third kappa shape index (κ3) is 1.98. The van der Waals surface area contributed by atoms with Gasteiger partial charge in [-0.25, -0.2) is 0 Å². The predicted molar refractivity (Wildman–Crippen MR) is 69.4 cm³/mol. The highest BCUT2D eigenvalue weighted by Crippen LogP contribution is 2.39. The number of aryl methyl sites for hydroxylation is 2. The van der Waals surface area contributed by atoms with Crippen molar-refractivity contribution >= 4 is 0 Å². The van der Waals surface area contributed by atoms with Gasteiger partial charge in [0.1, 0.15) is 11.5 Å². The third-order valence-electron chi connectivity index (χ3n) is 3.06. The van der Waals surface area contributed by atoms with E-state index in [1.807, 2.05) is 38.1 Å². The minimum atomic E-state index is 0.218. The summed E-state index contributed by atoms with van der Waals surface area (Å²) in [5.74, 6) is 0.458. The molecule has 0 aliphatic rings. The van der Waals surface area contributed by atoms with Crippen molar-refractivity contribution in [1.29, 1.82) is 0 Å². The van der Waals surface area contributed by atoms with Gasteiger partial charge in [-0.05, 0) is 38.0 Å². The molecule has 0 bridgehead atoms.